The predicted molar refractivity (Wildman–Crippen MR) is 132 cm³/mol. The SMILES string of the molecule is O=C(c1ccc(C(F)(F)F)cc1)N1Cc2ccccc2N(Cc2cnc[nH]2)[C@@H](CCC2CCCC2)C1. The van der Waals surface area contributed by atoms with Crippen molar-refractivity contribution in [2.24, 2.45) is 5.92 Å². The molecule has 1 amide bonds. The minimum Gasteiger partial charge on any atom is -0.361 e. The largest absolute Gasteiger partial charge is 0.416 e. The van der Waals surface area contributed by atoms with Crippen molar-refractivity contribution in [1.29, 1.82) is 0 Å². The number of carbonyl (C=O) groups is 1. The smallest absolute Gasteiger partial charge is 0.361 e. The summed E-state index contributed by atoms with van der Waals surface area (Å²) in [6, 6.07) is 12.7. The molecule has 1 aromatic heterocycles. The van der Waals surface area contributed by atoms with Crippen LogP contribution in [0, 0.1) is 5.92 Å². The van der Waals surface area contributed by atoms with Crippen LogP contribution in [0.4, 0.5) is 18.9 Å². The van der Waals surface area contributed by atoms with Gasteiger partial charge in [0.25, 0.3) is 5.91 Å². The van der Waals surface area contributed by atoms with Crippen molar-refractivity contribution in [2.75, 3.05) is 11.4 Å². The Bertz CT molecular complexity index is 1150. The summed E-state index contributed by atoms with van der Waals surface area (Å²) in [6.45, 7) is 1.57. The summed E-state index contributed by atoms with van der Waals surface area (Å²) >= 11 is 0. The van der Waals surface area contributed by atoms with E-state index in [-0.39, 0.29) is 17.5 Å². The highest BCUT2D eigenvalue weighted by molar-refractivity contribution is 5.94. The van der Waals surface area contributed by atoms with Crippen molar-refractivity contribution >= 4 is 11.6 Å². The van der Waals surface area contributed by atoms with Crippen molar-refractivity contribution in [2.45, 2.75) is 63.8 Å². The number of H-pyrrole nitrogens is 1. The van der Waals surface area contributed by atoms with Crippen molar-refractivity contribution in [1.82, 2.24) is 14.9 Å². The van der Waals surface area contributed by atoms with Crippen LogP contribution in [0.25, 0.3) is 0 Å². The third-order valence-corrected chi connectivity index (χ3v) is 7.56. The van der Waals surface area contributed by atoms with Gasteiger partial charge in [0, 0.05) is 36.6 Å². The van der Waals surface area contributed by atoms with Gasteiger partial charge < -0.3 is 14.8 Å². The second-order valence-electron chi connectivity index (χ2n) is 9.98. The molecule has 190 valence electrons. The number of aromatic amines is 1. The van der Waals surface area contributed by atoms with E-state index in [9.17, 15) is 18.0 Å². The molecule has 0 unspecified atom stereocenters. The molecule has 2 aliphatic rings. The maximum Gasteiger partial charge on any atom is 0.416 e. The van der Waals surface area contributed by atoms with Crippen LogP contribution >= 0.6 is 0 Å². The number of nitrogens with one attached hydrogen (secondary N) is 1. The number of imidazole rings is 1. The maximum atomic E-state index is 13.6. The molecule has 8 heteroatoms. The number of halogens is 3. The van der Waals surface area contributed by atoms with Gasteiger partial charge in [-0.05, 0) is 54.7 Å². The Morgan fingerprint density at radius 2 is 1.78 bits per heavy atom. The Morgan fingerprint density at radius 1 is 1.03 bits per heavy atom. The van der Waals surface area contributed by atoms with Crippen LogP contribution in [0.3, 0.4) is 0 Å². The monoisotopic (exact) mass is 496 g/mol. The molecule has 3 aromatic rings. The van der Waals surface area contributed by atoms with Gasteiger partial charge in [-0.3, -0.25) is 4.79 Å². The lowest BCUT2D eigenvalue weighted by molar-refractivity contribution is -0.137. The number of alkyl halides is 3. The van der Waals surface area contributed by atoms with E-state index in [0.717, 1.165) is 47.8 Å². The van der Waals surface area contributed by atoms with Gasteiger partial charge in [0.1, 0.15) is 0 Å². The van der Waals surface area contributed by atoms with Gasteiger partial charge in [0.2, 0.25) is 0 Å². The van der Waals surface area contributed by atoms with Gasteiger partial charge in [0.05, 0.1) is 24.1 Å². The fourth-order valence-electron chi connectivity index (χ4n) is 5.63. The van der Waals surface area contributed by atoms with Gasteiger partial charge in [-0.15, -0.1) is 0 Å². The fraction of sp³-hybridized carbons (Fsp3) is 0.429. The lowest BCUT2D eigenvalue weighted by Gasteiger charge is -2.34. The lowest BCUT2D eigenvalue weighted by atomic mass is 9.97. The number of carbonyl (C=O) groups excluding carboxylic acids is 1. The molecule has 1 aliphatic heterocycles. The van der Waals surface area contributed by atoms with Crippen LogP contribution in [0.1, 0.15) is 65.7 Å². The fourth-order valence-corrected chi connectivity index (χ4v) is 5.63. The zero-order valence-electron chi connectivity index (χ0n) is 20.2. The first-order valence-electron chi connectivity index (χ1n) is 12.7. The molecule has 5 rings (SSSR count). The van der Waals surface area contributed by atoms with Crippen LogP contribution in [0.2, 0.25) is 0 Å². The van der Waals surface area contributed by atoms with Crippen molar-refractivity contribution in [3.05, 3.63) is 83.4 Å². The molecule has 1 saturated carbocycles. The number of benzene rings is 2. The minimum atomic E-state index is -4.43. The Labute approximate surface area is 209 Å². The number of para-hydroxylation sites is 1. The third-order valence-electron chi connectivity index (χ3n) is 7.56. The van der Waals surface area contributed by atoms with Gasteiger partial charge >= 0.3 is 6.18 Å². The summed E-state index contributed by atoms with van der Waals surface area (Å²) in [5.41, 5.74) is 2.64. The van der Waals surface area contributed by atoms with Crippen molar-refractivity contribution in [3.8, 4) is 0 Å². The van der Waals surface area contributed by atoms with Crippen LogP contribution < -0.4 is 4.90 Å². The molecule has 1 N–H and O–H groups in total. The number of nitrogens with zero attached hydrogens (tertiary/aromatic N) is 3. The number of aromatic nitrogens is 2. The quantitative estimate of drug-likeness (QED) is 0.428. The van der Waals surface area contributed by atoms with E-state index >= 15 is 0 Å². The van der Waals surface area contributed by atoms with E-state index in [2.05, 4.69) is 20.9 Å². The first kappa shape index (κ1) is 24.4. The normalized spacial score (nSPS) is 18.8. The molecule has 0 spiro atoms. The molecule has 0 saturated heterocycles. The Kier molecular flexibility index (Phi) is 7.03. The standard InChI is InChI=1S/C28H31F3N4O/c29-28(30,31)23-12-10-21(11-13-23)27(36)34-16-22-7-3-4-8-26(22)35(17-24-15-32-19-33-24)25(18-34)14-9-20-5-1-2-6-20/h3-4,7-8,10-13,15,19-20,25H,1-2,5-6,9,14,16-18H2,(H,32,33)/t25-/m0/s1. The number of hydrogen-bond acceptors (Lipinski definition) is 3. The number of amides is 1. The average Bonchev–Trinajstić information content (AvgIpc) is 3.56. The zero-order valence-corrected chi connectivity index (χ0v) is 20.2. The highest BCUT2D eigenvalue weighted by Crippen LogP contribution is 2.35. The summed E-state index contributed by atoms with van der Waals surface area (Å²) < 4.78 is 39.1. The lowest BCUT2D eigenvalue weighted by Crippen LogP contribution is -2.43. The summed E-state index contributed by atoms with van der Waals surface area (Å²) in [5.74, 6) is 0.476. The molecule has 36 heavy (non-hydrogen) atoms. The maximum absolute atomic E-state index is 13.6. The van der Waals surface area contributed by atoms with E-state index in [4.69, 9.17) is 0 Å². The van der Waals surface area contributed by atoms with E-state index in [1.165, 1.54) is 37.8 Å². The van der Waals surface area contributed by atoms with Crippen molar-refractivity contribution in [3.63, 3.8) is 0 Å². The van der Waals surface area contributed by atoms with Crippen LogP contribution in [0.5, 0.6) is 0 Å². The predicted octanol–water partition coefficient (Wildman–Crippen LogP) is 6.43. The van der Waals surface area contributed by atoms with Gasteiger partial charge in [-0.25, -0.2) is 4.98 Å². The zero-order chi connectivity index (χ0) is 25.1. The molecule has 1 atom stereocenters. The first-order valence-corrected chi connectivity index (χ1v) is 12.7. The topological polar surface area (TPSA) is 52.2 Å². The molecule has 1 fully saturated rings. The molecule has 2 heterocycles. The number of fused-ring (bicyclic) bond motifs is 1. The first-order chi connectivity index (χ1) is 17.4. The second kappa shape index (κ2) is 10.4. The third kappa shape index (κ3) is 5.42. The van der Waals surface area contributed by atoms with Crippen molar-refractivity contribution < 1.29 is 18.0 Å². The molecule has 0 bridgehead atoms. The summed E-state index contributed by atoms with van der Waals surface area (Å²) in [6.07, 6.45) is 6.22. The number of anilines is 1. The van der Waals surface area contributed by atoms with Gasteiger partial charge in [-0.1, -0.05) is 43.9 Å². The van der Waals surface area contributed by atoms with Gasteiger partial charge in [0.15, 0.2) is 0 Å². The molecule has 1 aliphatic carbocycles. The van der Waals surface area contributed by atoms with Gasteiger partial charge in [-0.2, -0.15) is 13.2 Å². The Hall–Kier alpha value is -3.29. The summed E-state index contributed by atoms with van der Waals surface area (Å²) in [7, 11) is 0. The second-order valence-corrected chi connectivity index (χ2v) is 9.98. The highest BCUT2D eigenvalue weighted by atomic mass is 19.4. The Morgan fingerprint density at radius 3 is 2.47 bits per heavy atom. The van der Waals surface area contributed by atoms with E-state index in [1.54, 1.807) is 11.2 Å². The van der Waals surface area contributed by atoms with E-state index in [1.807, 2.05) is 24.4 Å². The summed E-state index contributed by atoms with van der Waals surface area (Å²) in [5, 5.41) is 0. The summed E-state index contributed by atoms with van der Waals surface area (Å²) in [4.78, 5) is 25.1. The minimum absolute atomic E-state index is 0.0796. The van der Waals surface area contributed by atoms with Crippen LogP contribution in [-0.2, 0) is 19.3 Å². The molecular formula is C28H31F3N4O. The van der Waals surface area contributed by atoms with E-state index < -0.39 is 11.7 Å². The molecule has 0 radical (unpaired) electrons. The molecule has 5 nitrogen and oxygen atoms in total. The van der Waals surface area contributed by atoms with Crippen LogP contribution in [-0.4, -0.2) is 33.4 Å². The van der Waals surface area contributed by atoms with E-state index in [0.29, 0.717) is 19.6 Å². The number of rotatable bonds is 6. The molecule has 2 aromatic carbocycles. The highest BCUT2D eigenvalue weighted by Gasteiger charge is 2.33. The average molecular weight is 497 g/mol. The number of hydrogen-bond donors (Lipinski definition) is 1. The van der Waals surface area contributed by atoms with Crippen LogP contribution in [0.15, 0.2) is 61.1 Å². The Balaban J connectivity index is 1.45. The molecular weight excluding hydrogens is 465 g/mol.